The Bertz CT molecular complexity index is 641. The van der Waals surface area contributed by atoms with E-state index in [0.717, 1.165) is 24.7 Å². The topological polar surface area (TPSA) is 51.4 Å². The summed E-state index contributed by atoms with van der Waals surface area (Å²) >= 11 is 0. The largest absolute Gasteiger partial charge is 0.374 e. The molecular formula is C17H21N3O. The lowest BCUT2D eigenvalue weighted by Gasteiger charge is -2.41. The highest BCUT2D eigenvalue weighted by atomic mass is 16.5. The van der Waals surface area contributed by atoms with Crippen LogP contribution in [0.25, 0.3) is 10.9 Å². The Labute approximate surface area is 124 Å². The fourth-order valence-electron chi connectivity index (χ4n) is 3.45. The van der Waals surface area contributed by atoms with Crippen molar-refractivity contribution in [1.82, 2.24) is 9.88 Å². The van der Waals surface area contributed by atoms with Gasteiger partial charge in [0.15, 0.2) is 0 Å². The van der Waals surface area contributed by atoms with Crippen LogP contribution in [0, 0.1) is 0 Å². The summed E-state index contributed by atoms with van der Waals surface area (Å²) in [6, 6.07) is 11.7. The number of nitrogens with zero attached hydrogens (tertiary/aromatic N) is 2. The number of hydrogen-bond acceptors (Lipinski definition) is 4. The average molecular weight is 283 g/mol. The van der Waals surface area contributed by atoms with E-state index < -0.39 is 0 Å². The van der Waals surface area contributed by atoms with Gasteiger partial charge in [0.05, 0.1) is 24.3 Å². The van der Waals surface area contributed by atoms with E-state index in [1.54, 1.807) is 0 Å². The first-order chi connectivity index (χ1) is 10.4. The average Bonchev–Trinajstić information content (AvgIpc) is 3.38. The van der Waals surface area contributed by atoms with Crippen molar-refractivity contribution in [2.75, 3.05) is 19.7 Å². The lowest BCUT2D eigenvalue weighted by atomic mass is 9.96. The quantitative estimate of drug-likeness (QED) is 0.937. The van der Waals surface area contributed by atoms with Gasteiger partial charge < -0.3 is 10.5 Å². The first kappa shape index (κ1) is 13.2. The van der Waals surface area contributed by atoms with E-state index in [9.17, 15) is 0 Å². The summed E-state index contributed by atoms with van der Waals surface area (Å²) < 4.78 is 5.93. The van der Waals surface area contributed by atoms with E-state index >= 15 is 0 Å². The zero-order chi connectivity index (χ0) is 14.2. The first-order valence-corrected chi connectivity index (χ1v) is 7.79. The van der Waals surface area contributed by atoms with Crippen molar-refractivity contribution in [2.24, 2.45) is 5.73 Å². The van der Waals surface area contributed by atoms with Crippen LogP contribution in [-0.4, -0.2) is 41.7 Å². The third-order valence-electron chi connectivity index (χ3n) is 4.61. The van der Waals surface area contributed by atoms with Crippen molar-refractivity contribution in [3.63, 3.8) is 0 Å². The summed E-state index contributed by atoms with van der Waals surface area (Å²) in [4.78, 5) is 7.00. The minimum absolute atomic E-state index is 0.0912. The van der Waals surface area contributed by atoms with E-state index in [0.29, 0.717) is 6.54 Å². The minimum Gasteiger partial charge on any atom is -0.374 e. The molecular weight excluding hydrogens is 262 g/mol. The summed E-state index contributed by atoms with van der Waals surface area (Å²) in [5.74, 6) is 0. The molecule has 4 rings (SSSR count). The molecule has 0 amide bonds. The molecule has 2 atom stereocenters. The van der Waals surface area contributed by atoms with Crippen molar-refractivity contribution in [3.05, 3.63) is 42.1 Å². The maximum atomic E-state index is 5.96. The van der Waals surface area contributed by atoms with Gasteiger partial charge in [-0.1, -0.05) is 12.1 Å². The number of nitrogens with two attached hydrogens (primary N) is 1. The Morgan fingerprint density at radius 3 is 3.00 bits per heavy atom. The second-order valence-corrected chi connectivity index (χ2v) is 6.01. The molecule has 1 aromatic heterocycles. The Morgan fingerprint density at radius 2 is 2.19 bits per heavy atom. The summed E-state index contributed by atoms with van der Waals surface area (Å²) in [6.45, 7) is 2.37. The van der Waals surface area contributed by atoms with Crippen molar-refractivity contribution >= 4 is 10.9 Å². The van der Waals surface area contributed by atoms with Crippen LogP contribution >= 0.6 is 0 Å². The predicted molar refractivity (Wildman–Crippen MR) is 83.0 cm³/mol. The van der Waals surface area contributed by atoms with Gasteiger partial charge in [-0.3, -0.25) is 9.88 Å². The summed E-state index contributed by atoms with van der Waals surface area (Å²) in [5.41, 5.74) is 8.31. The molecule has 4 heteroatoms. The van der Waals surface area contributed by atoms with Gasteiger partial charge in [0.2, 0.25) is 0 Å². The van der Waals surface area contributed by atoms with Crippen molar-refractivity contribution < 1.29 is 4.74 Å². The van der Waals surface area contributed by atoms with Crippen LogP contribution in [0.3, 0.4) is 0 Å². The molecule has 0 spiro atoms. The number of aromatic nitrogens is 1. The molecule has 110 valence electrons. The van der Waals surface area contributed by atoms with Gasteiger partial charge in [-0.2, -0.15) is 0 Å². The molecule has 2 aliphatic rings. The highest BCUT2D eigenvalue weighted by molar-refractivity contribution is 5.79. The van der Waals surface area contributed by atoms with E-state index in [4.69, 9.17) is 10.5 Å². The SMILES string of the molecule is NCC1OCCN(C2CC2)C1c1ccc2ncccc2c1. The molecule has 2 unspecified atom stereocenters. The van der Waals surface area contributed by atoms with Gasteiger partial charge in [0, 0.05) is 30.7 Å². The Balaban J connectivity index is 1.74. The lowest BCUT2D eigenvalue weighted by molar-refractivity contribution is -0.0712. The molecule has 0 bridgehead atoms. The maximum Gasteiger partial charge on any atom is 0.0894 e. The van der Waals surface area contributed by atoms with Crippen molar-refractivity contribution in [2.45, 2.75) is 31.0 Å². The molecule has 2 fully saturated rings. The Kier molecular flexibility index (Phi) is 3.37. The number of benzene rings is 1. The van der Waals surface area contributed by atoms with Gasteiger partial charge in [0.25, 0.3) is 0 Å². The Hall–Kier alpha value is -1.49. The fourth-order valence-corrected chi connectivity index (χ4v) is 3.45. The molecule has 2 heterocycles. The van der Waals surface area contributed by atoms with E-state index in [1.807, 2.05) is 12.3 Å². The van der Waals surface area contributed by atoms with Gasteiger partial charge in [-0.15, -0.1) is 0 Å². The summed E-state index contributed by atoms with van der Waals surface area (Å²) in [7, 11) is 0. The molecule has 1 saturated carbocycles. The van der Waals surface area contributed by atoms with Gasteiger partial charge in [0.1, 0.15) is 0 Å². The number of morpholine rings is 1. The summed E-state index contributed by atoms with van der Waals surface area (Å²) in [5, 5.41) is 1.19. The van der Waals surface area contributed by atoms with Crippen LogP contribution in [0.1, 0.15) is 24.4 Å². The number of rotatable bonds is 3. The van der Waals surface area contributed by atoms with Crippen LogP contribution in [0.5, 0.6) is 0 Å². The molecule has 1 aliphatic heterocycles. The third-order valence-corrected chi connectivity index (χ3v) is 4.61. The molecule has 1 aromatic carbocycles. The van der Waals surface area contributed by atoms with Crippen LogP contribution in [0.4, 0.5) is 0 Å². The van der Waals surface area contributed by atoms with Gasteiger partial charge in [-0.05, 0) is 36.6 Å². The number of hydrogen-bond donors (Lipinski definition) is 1. The molecule has 4 nitrogen and oxygen atoms in total. The molecule has 2 N–H and O–H groups in total. The second kappa shape index (κ2) is 5.37. The zero-order valence-electron chi connectivity index (χ0n) is 12.1. The number of ether oxygens (including phenoxy) is 1. The normalized spacial score (nSPS) is 27.1. The van der Waals surface area contributed by atoms with Crippen LogP contribution in [-0.2, 0) is 4.74 Å². The van der Waals surface area contributed by atoms with Crippen molar-refractivity contribution in [3.8, 4) is 0 Å². The highest BCUT2D eigenvalue weighted by Gasteiger charge is 2.40. The zero-order valence-corrected chi connectivity index (χ0v) is 12.1. The second-order valence-electron chi connectivity index (χ2n) is 6.01. The van der Waals surface area contributed by atoms with Crippen LogP contribution in [0.15, 0.2) is 36.5 Å². The monoisotopic (exact) mass is 283 g/mol. The van der Waals surface area contributed by atoms with Crippen LogP contribution < -0.4 is 5.73 Å². The van der Waals surface area contributed by atoms with Gasteiger partial charge >= 0.3 is 0 Å². The third kappa shape index (κ3) is 2.44. The molecule has 2 aromatic rings. The predicted octanol–water partition coefficient (Wildman–Crippen LogP) is 2.10. The number of fused-ring (bicyclic) bond motifs is 1. The standard InChI is InChI=1S/C17H21N3O/c18-11-16-17(20(8-9-21-16)14-4-5-14)13-3-6-15-12(10-13)2-1-7-19-15/h1-3,6-7,10,14,16-17H,4-5,8-9,11,18H2. The van der Waals surface area contributed by atoms with E-state index in [2.05, 4.69) is 34.1 Å². The summed E-state index contributed by atoms with van der Waals surface area (Å²) in [6.07, 6.45) is 4.55. The lowest BCUT2D eigenvalue weighted by Crippen LogP contribution is -2.49. The smallest absolute Gasteiger partial charge is 0.0894 e. The molecule has 1 aliphatic carbocycles. The highest BCUT2D eigenvalue weighted by Crippen LogP contribution is 2.39. The minimum atomic E-state index is 0.0912. The van der Waals surface area contributed by atoms with E-state index in [-0.39, 0.29) is 12.1 Å². The maximum absolute atomic E-state index is 5.96. The Morgan fingerprint density at radius 1 is 1.29 bits per heavy atom. The van der Waals surface area contributed by atoms with Crippen molar-refractivity contribution in [1.29, 1.82) is 0 Å². The van der Waals surface area contributed by atoms with E-state index in [1.165, 1.54) is 23.8 Å². The number of pyridine rings is 1. The van der Waals surface area contributed by atoms with Crippen LogP contribution in [0.2, 0.25) is 0 Å². The fraction of sp³-hybridized carbons (Fsp3) is 0.471. The molecule has 0 radical (unpaired) electrons. The molecule has 21 heavy (non-hydrogen) atoms. The van der Waals surface area contributed by atoms with Gasteiger partial charge in [-0.25, -0.2) is 0 Å². The first-order valence-electron chi connectivity index (χ1n) is 7.79. The molecule has 1 saturated heterocycles.